The van der Waals surface area contributed by atoms with E-state index in [1.807, 2.05) is 60.7 Å². The van der Waals surface area contributed by atoms with Crippen molar-refractivity contribution in [2.45, 2.75) is 81.6 Å². The molecule has 2 aromatic carbocycles. The van der Waals surface area contributed by atoms with Gasteiger partial charge in [-0.2, -0.15) is 0 Å². The predicted octanol–water partition coefficient (Wildman–Crippen LogP) is 0.00320. The molecule has 2 fully saturated rings. The maximum absolute atomic E-state index is 13.9. The third-order valence-electron chi connectivity index (χ3n) is 8.64. The van der Waals surface area contributed by atoms with E-state index < -0.39 is 42.0 Å². The van der Waals surface area contributed by atoms with E-state index in [0.717, 1.165) is 11.1 Å². The molecule has 0 aromatic heterocycles. The lowest BCUT2D eigenvalue weighted by atomic mass is 10.0. The lowest BCUT2D eigenvalue weighted by Crippen LogP contribution is -2.57. The average molecular weight is 647 g/mol. The Morgan fingerprint density at radius 1 is 0.851 bits per heavy atom. The highest BCUT2D eigenvalue weighted by atomic mass is 16.2. The minimum atomic E-state index is -0.993. The van der Waals surface area contributed by atoms with Crippen molar-refractivity contribution in [3.05, 3.63) is 71.8 Å². The summed E-state index contributed by atoms with van der Waals surface area (Å²) in [5.74, 6) is -1.66. The molecule has 47 heavy (non-hydrogen) atoms. The van der Waals surface area contributed by atoms with Crippen LogP contribution in [0, 0.1) is 0 Å². The number of hydrogen-bond acceptors (Lipinski definition) is 7. The molecule has 0 spiro atoms. The van der Waals surface area contributed by atoms with Gasteiger partial charge in [0.2, 0.25) is 23.6 Å². The molecular weight excluding hydrogens is 600 g/mol. The zero-order valence-electron chi connectivity index (χ0n) is 26.6. The second-order valence-electron chi connectivity index (χ2n) is 12.1. The number of rotatable bonds is 15. The van der Waals surface area contributed by atoms with Crippen LogP contribution in [-0.2, 0) is 36.8 Å². The van der Waals surface area contributed by atoms with Crippen LogP contribution in [0.2, 0.25) is 0 Å². The Morgan fingerprint density at radius 3 is 2.06 bits per heavy atom. The molecule has 2 saturated heterocycles. The van der Waals surface area contributed by atoms with Crippen LogP contribution in [0.25, 0.3) is 0 Å². The minimum Gasteiger partial charge on any atom is -0.370 e. The Bertz CT molecular complexity index is 1400. The van der Waals surface area contributed by atoms with Gasteiger partial charge < -0.3 is 42.4 Å². The zero-order chi connectivity index (χ0) is 33.8. The van der Waals surface area contributed by atoms with Gasteiger partial charge >= 0.3 is 0 Å². The third-order valence-corrected chi connectivity index (χ3v) is 8.64. The van der Waals surface area contributed by atoms with Gasteiger partial charge in [-0.25, -0.2) is 0 Å². The van der Waals surface area contributed by atoms with Crippen molar-refractivity contribution < 1.29 is 24.0 Å². The monoisotopic (exact) mass is 646 g/mol. The second kappa shape index (κ2) is 17.2. The molecule has 0 unspecified atom stereocenters. The topological polar surface area (TPSA) is 206 Å². The largest absolute Gasteiger partial charge is 0.370 e. The Labute approximate surface area is 275 Å². The number of carbonyl (C=O) groups excluding carboxylic acids is 5. The Balaban J connectivity index is 1.41. The summed E-state index contributed by atoms with van der Waals surface area (Å²) in [6.07, 6.45) is 4.06. The van der Waals surface area contributed by atoms with Crippen molar-refractivity contribution >= 4 is 35.9 Å². The van der Waals surface area contributed by atoms with Crippen LogP contribution in [0.3, 0.4) is 0 Å². The van der Waals surface area contributed by atoms with E-state index in [2.05, 4.69) is 15.6 Å². The maximum atomic E-state index is 13.9. The molecular formula is C34H46N8O5. The maximum Gasteiger partial charge on any atom is 0.246 e. The van der Waals surface area contributed by atoms with Crippen molar-refractivity contribution in [3.63, 3.8) is 0 Å². The molecule has 5 atom stereocenters. The molecule has 0 radical (unpaired) electrons. The van der Waals surface area contributed by atoms with Gasteiger partial charge in [0.15, 0.2) is 5.96 Å². The normalized spacial score (nSPS) is 19.3. The molecule has 8 N–H and O–H groups in total. The lowest BCUT2D eigenvalue weighted by Gasteiger charge is -2.32. The molecule has 0 bridgehead atoms. The molecule has 13 nitrogen and oxygen atoms in total. The van der Waals surface area contributed by atoms with E-state index in [1.165, 1.54) is 4.90 Å². The molecule has 2 aliphatic rings. The van der Waals surface area contributed by atoms with Crippen molar-refractivity contribution in [3.8, 4) is 0 Å². The highest BCUT2D eigenvalue weighted by molar-refractivity contribution is 5.95. The number of nitrogens with one attached hydrogen (secondary N) is 2. The van der Waals surface area contributed by atoms with Gasteiger partial charge in [0.05, 0.1) is 12.1 Å². The van der Waals surface area contributed by atoms with E-state index in [9.17, 15) is 24.0 Å². The Morgan fingerprint density at radius 2 is 1.45 bits per heavy atom. The summed E-state index contributed by atoms with van der Waals surface area (Å²) >= 11 is 0. The van der Waals surface area contributed by atoms with Crippen molar-refractivity contribution in [2.24, 2.45) is 22.2 Å². The summed E-state index contributed by atoms with van der Waals surface area (Å²) in [6, 6.07) is 14.7. The number of guanidine groups is 1. The fourth-order valence-corrected chi connectivity index (χ4v) is 6.27. The predicted molar refractivity (Wildman–Crippen MR) is 178 cm³/mol. The molecule has 0 aliphatic carbocycles. The molecule has 4 amide bonds. The highest BCUT2D eigenvalue weighted by Gasteiger charge is 2.43. The van der Waals surface area contributed by atoms with Gasteiger partial charge in [0.25, 0.3) is 0 Å². The molecule has 13 heteroatoms. The van der Waals surface area contributed by atoms with Crippen molar-refractivity contribution in [1.29, 1.82) is 0 Å². The highest BCUT2D eigenvalue weighted by Crippen LogP contribution is 2.26. The van der Waals surface area contributed by atoms with Gasteiger partial charge in [0.1, 0.15) is 24.4 Å². The van der Waals surface area contributed by atoms with Gasteiger partial charge in [-0.1, -0.05) is 60.7 Å². The van der Waals surface area contributed by atoms with Gasteiger partial charge in [-0.15, -0.1) is 0 Å². The van der Waals surface area contributed by atoms with Crippen LogP contribution in [-0.4, -0.2) is 95.5 Å². The number of amides is 4. The number of carbonyl (C=O) groups is 5. The molecule has 252 valence electrons. The van der Waals surface area contributed by atoms with E-state index in [4.69, 9.17) is 17.2 Å². The molecule has 2 heterocycles. The van der Waals surface area contributed by atoms with Gasteiger partial charge in [-0.05, 0) is 62.5 Å². The summed E-state index contributed by atoms with van der Waals surface area (Å²) in [7, 11) is 0. The van der Waals surface area contributed by atoms with Crippen LogP contribution in [0.15, 0.2) is 65.7 Å². The fourth-order valence-electron chi connectivity index (χ4n) is 6.27. The number of nitrogens with two attached hydrogens (primary N) is 3. The standard InChI is InChI=1S/C34H46N8O5/c35-26(21-24-12-5-2-6-13-24)32(46)42-19-9-16-29(42)33(47)41-18-8-15-28(41)31(45)40-27(14-7-17-38-34(36)37)30(44)39-25(22-43)20-23-10-3-1-4-11-23/h1-6,10-13,22,25-29H,7-9,14-21,35H2,(H,39,44)(H,40,45)(H4,36,37,38)/t25-,26-,27-,28-,29-/m0/s1. The van der Waals surface area contributed by atoms with Gasteiger partial charge in [-0.3, -0.25) is 24.2 Å². The van der Waals surface area contributed by atoms with Crippen LogP contribution >= 0.6 is 0 Å². The molecule has 0 saturated carbocycles. The SMILES string of the molecule is NC(N)=NCCC[C@H](NC(=O)[C@@H]1CCCN1C(=O)[C@@H]1CCCN1C(=O)[C@@H](N)Cc1ccccc1)C(=O)N[C@H](C=O)Cc1ccccc1. The number of hydrogen-bond donors (Lipinski definition) is 5. The number of benzene rings is 2. The van der Waals surface area contributed by atoms with E-state index in [-0.39, 0.29) is 30.7 Å². The lowest BCUT2D eigenvalue weighted by molar-refractivity contribution is -0.147. The third kappa shape index (κ3) is 9.85. The fraction of sp³-hybridized carbons (Fsp3) is 0.471. The number of aliphatic imine (C=N–C) groups is 1. The molecule has 2 aromatic rings. The van der Waals surface area contributed by atoms with Crippen LogP contribution in [0.4, 0.5) is 0 Å². The van der Waals surface area contributed by atoms with Crippen LogP contribution in [0.5, 0.6) is 0 Å². The van der Waals surface area contributed by atoms with E-state index in [0.29, 0.717) is 64.3 Å². The summed E-state index contributed by atoms with van der Waals surface area (Å²) in [5.41, 5.74) is 19.0. The first-order chi connectivity index (χ1) is 22.7. The minimum absolute atomic E-state index is 0.0838. The number of nitrogens with zero attached hydrogens (tertiary/aromatic N) is 3. The summed E-state index contributed by atoms with van der Waals surface area (Å²) in [4.78, 5) is 73.2. The van der Waals surface area contributed by atoms with Crippen LogP contribution in [0.1, 0.15) is 49.7 Å². The summed E-state index contributed by atoms with van der Waals surface area (Å²) in [5, 5.41) is 5.57. The first kappa shape index (κ1) is 35.1. The zero-order valence-corrected chi connectivity index (χ0v) is 26.6. The molecule has 2 aliphatic heterocycles. The summed E-state index contributed by atoms with van der Waals surface area (Å²) in [6.45, 7) is 1.02. The Kier molecular flexibility index (Phi) is 12.9. The smallest absolute Gasteiger partial charge is 0.246 e. The van der Waals surface area contributed by atoms with Gasteiger partial charge in [0, 0.05) is 19.6 Å². The van der Waals surface area contributed by atoms with E-state index >= 15 is 0 Å². The van der Waals surface area contributed by atoms with Crippen molar-refractivity contribution in [2.75, 3.05) is 19.6 Å². The second-order valence-corrected chi connectivity index (χ2v) is 12.1. The number of likely N-dealkylation sites (tertiary alicyclic amines) is 2. The van der Waals surface area contributed by atoms with Crippen LogP contribution < -0.4 is 27.8 Å². The first-order valence-electron chi connectivity index (χ1n) is 16.2. The molecule has 4 rings (SSSR count). The quantitative estimate of drug-likeness (QED) is 0.0769. The van der Waals surface area contributed by atoms with Crippen molar-refractivity contribution in [1.82, 2.24) is 20.4 Å². The van der Waals surface area contributed by atoms with E-state index in [1.54, 1.807) is 4.90 Å². The Hall–Kier alpha value is -4.78. The average Bonchev–Trinajstić information content (AvgIpc) is 3.77. The summed E-state index contributed by atoms with van der Waals surface area (Å²) < 4.78 is 0. The number of aldehydes is 1. The first-order valence-corrected chi connectivity index (χ1v) is 16.2.